The van der Waals surface area contributed by atoms with Gasteiger partial charge in [0.05, 0.1) is 39.1 Å². The van der Waals surface area contributed by atoms with Crippen LogP contribution in [0.2, 0.25) is 10.0 Å². The van der Waals surface area contributed by atoms with Crippen molar-refractivity contribution in [3.63, 3.8) is 0 Å². The second-order valence-corrected chi connectivity index (χ2v) is 6.56. The molecule has 2 aromatic rings. The van der Waals surface area contributed by atoms with E-state index in [0.29, 0.717) is 10.0 Å². The molecule has 3 rings (SSSR count). The fourth-order valence-electron chi connectivity index (χ4n) is 2.63. The highest BCUT2D eigenvalue weighted by Crippen LogP contribution is 2.32. The summed E-state index contributed by atoms with van der Waals surface area (Å²) in [4.78, 5) is 4.59. The molecule has 0 radical (unpaired) electrons. The minimum Gasteiger partial charge on any atom is -0.376 e. The van der Waals surface area contributed by atoms with Crippen molar-refractivity contribution >= 4 is 45.8 Å². The highest BCUT2D eigenvalue weighted by molar-refractivity contribution is 6.42. The van der Waals surface area contributed by atoms with Gasteiger partial charge in [-0.3, -0.25) is 0 Å². The number of imidazole rings is 1. The molecule has 108 valence electrons. The molecule has 1 aromatic carbocycles. The maximum absolute atomic E-state index is 6.25. The van der Waals surface area contributed by atoms with Crippen molar-refractivity contribution in [2.45, 2.75) is 37.8 Å². The van der Waals surface area contributed by atoms with Crippen molar-refractivity contribution in [3.05, 3.63) is 28.0 Å². The number of hydrogen-bond donors (Lipinski definition) is 0. The third-order valence-electron chi connectivity index (χ3n) is 3.59. The number of ether oxygens (including phenoxy) is 1. The molecule has 0 amide bonds. The Morgan fingerprint density at radius 1 is 1.40 bits per heavy atom. The Morgan fingerprint density at radius 2 is 2.15 bits per heavy atom. The minimum absolute atomic E-state index is 0.179. The summed E-state index contributed by atoms with van der Waals surface area (Å²) >= 11 is 18.4. The third kappa shape index (κ3) is 2.64. The van der Waals surface area contributed by atoms with Gasteiger partial charge >= 0.3 is 0 Å². The fraction of sp³-hybridized carbons (Fsp3) is 0.500. The molecular weight excluding hydrogens is 319 g/mol. The monoisotopic (exact) mass is 332 g/mol. The summed E-state index contributed by atoms with van der Waals surface area (Å²) in [5.41, 5.74) is 1.78. The van der Waals surface area contributed by atoms with Gasteiger partial charge in [0.2, 0.25) is 0 Å². The lowest BCUT2D eigenvalue weighted by atomic mass is 10.2. The molecule has 2 unspecified atom stereocenters. The lowest BCUT2D eigenvalue weighted by molar-refractivity contribution is 0.0972. The normalized spacial score (nSPS) is 20.7. The van der Waals surface area contributed by atoms with E-state index in [0.717, 1.165) is 42.9 Å². The van der Waals surface area contributed by atoms with Crippen LogP contribution in [-0.4, -0.2) is 22.3 Å². The number of halogens is 3. The van der Waals surface area contributed by atoms with Crippen LogP contribution in [0.5, 0.6) is 0 Å². The molecule has 0 aliphatic carbocycles. The van der Waals surface area contributed by atoms with E-state index in [1.165, 1.54) is 0 Å². The zero-order valence-corrected chi connectivity index (χ0v) is 13.3. The lowest BCUT2D eigenvalue weighted by Crippen LogP contribution is -2.17. The van der Waals surface area contributed by atoms with Crippen LogP contribution in [-0.2, 0) is 11.3 Å². The van der Waals surface area contributed by atoms with Gasteiger partial charge in [-0.05, 0) is 31.9 Å². The molecule has 1 aromatic heterocycles. The first-order valence-electron chi connectivity index (χ1n) is 6.67. The van der Waals surface area contributed by atoms with Crippen LogP contribution in [0.4, 0.5) is 0 Å². The summed E-state index contributed by atoms with van der Waals surface area (Å²) in [6.45, 7) is 3.49. The molecule has 20 heavy (non-hydrogen) atoms. The smallest absolute Gasteiger partial charge is 0.127 e. The van der Waals surface area contributed by atoms with Crippen molar-refractivity contribution in [2.75, 3.05) is 6.61 Å². The van der Waals surface area contributed by atoms with Crippen LogP contribution in [0.3, 0.4) is 0 Å². The molecule has 0 spiro atoms. The van der Waals surface area contributed by atoms with Crippen LogP contribution in [0, 0.1) is 0 Å². The topological polar surface area (TPSA) is 27.1 Å². The van der Waals surface area contributed by atoms with E-state index in [2.05, 4.69) is 9.55 Å². The van der Waals surface area contributed by atoms with Gasteiger partial charge in [-0.15, -0.1) is 11.6 Å². The van der Waals surface area contributed by atoms with Crippen molar-refractivity contribution in [3.8, 4) is 0 Å². The van der Waals surface area contributed by atoms with Crippen LogP contribution in [0.25, 0.3) is 11.0 Å². The van der Waals surface area contributed by atoms with E-state index in [9.17, 15) is 0 Å². The lowest BCUT2D eigenvalue weighted by Gasteiger charge is -2.15. The van der Waals surface area contributed by atoms with Crippen LogP contribution in [0.15, 0.2) is 12.1 Å². The maximum Gasteiger partial charge on any atom is 0.127 e. The number of hydrogen-bond acceptors (Lipinski definition) is 2. The van der Waals surface area contributed by atoms with Gasteiger partial charge in [0.25, 0.3) is 0 Å². The largest absolute Gasteiger partial charge is 0.376 e. The van der Waals surface area contributed by atoms with Gasteiger partial charge < -0.3 is 9.30 Å². The summed E-state index contributed by atoms with van der Waals surface area (Å²) in [6, 6.07) is 3.64. The molecule has 1 fully saturated rings. The van der Waals surface area contributed by atoms with Gasteiger partial charge in [-0.25, -0.2) is 4.98 Å². The van der Waals surface area contributed by atoms with Gasteiger partial charge in [-0.1, -0.05) is 23.2 Å². The van der Waals surface area contributed by atoms with E-state index < -0.39 is 0 Å². The number of fused-ring (bicyclic) bond motifs is 1. The number of aromatic nitrogens is 2. The van der Waals surface area contributed by atoms with Gasteiger partial charge in [0.15, 0.2) is 0 Å². The predicted molar refractivity (Wildman–Crippen MR) is 83.0 cm³/mol. The summed E-state index contributed by atoms with van der Waals surface area (Å²) in [5.74, 6) is 0.829. The first-order chi connectivity index (χ1) is 9.56. The molecule has 6 heteroatoms. The van der Waals surface area contributed by atoms with E-state index >= 15 is 0 Å². The zero-order chi connectivity index (χ0) is 14.3. The Balaban J connectivity index is 2.10. The molecular formula is C14H15Cl3N2O. The highest BCUT2D eigenvalue weighted by Gasteiger charge is 2.22. The van der Waals surface area contributed by atoms with Crippen LogP contribution < -0.4 is 0 Å². The highest BCUT2D eigenvalue weighted by atomic mass is 35.5. The number of benzene rings is 1. The number of alkyl halides is 1. The Bertz CT molecular complexity index is 633. The predicted octanol–water partition coefficient (Wildman–Crippen LogP) is 4.82. The molecule has 0 bridgehead atoms. The van der Waals surface area contributed by atoms with Crippen LogP contribution in [0.1, 0.15) is 31.0 Å². The Hall–Kier alpha value is -0.480. The Morgan fingerprint density at radius 3 is 2.80 bits per heavy atom. The van der Waals surface area contributed by atoms with Gasteiger partial charge in [0.1, 0.15) is 5.82 Å². The van der Waals surface area contributed by atoms with Crippen molar-refractivity contribution < 1.29 is 4.74 Å². The summed E-state index contributed by atoms with van der Waals surface area (Å²) < 4.78 is 7.82. The second-order valence-electron chi connectivity index (χ2n) is 5.09. The SMILES string of the molecule is CC(Cl)c1nc2cc(Cl)c(Cl)cc2n1CC1CCCO1. The summed E-state index contributed by atoms with van der Waals surface area (Å²) in [5, 5.41) is 0.859. The average Bonchev–Trinajstić information content (AvgIpc) is 3.00. The van der Waals surface area contributed by atoms with Gasteiger partial charge in [-0.2, -0.15) is 0 Å². The van der Waals surface area contributed by atoms with Crippen molar-refractivity contribution in [1.82, 2.24) is 9.55 Å². The summed E-state index contributed by atoms with van der Waals surface area (Å²) in [6.07, 6.45) is 2.39. The third-order valence-corrected chi connectivity index (χ3v) is 4.50. The number of nitrogens with zero attached hydrogens (tertiary/aromatic N) is 2. The van der Waals surface area contributed by atoms with E-state index in [1.807, 2.05) is 13.0 Å². The molecule has 1 aliphatic rings. The molecule has 1 aliphatic heterocycles. The number of rotatable bonds is 3. The zero-order valence-electron chi connectivity index (χ0n) is 11.1. The average molecular weight is 334 g/mol. The fourth-order valence-corrected chi connectivity index (χ4v) is 3.11. The Kier molecular flexibility index (Phi) is 4.14. The summed E-state index contributed by atoms with van der Waals surface area (Å²) in [7, 11) is 0. The van der Waals surface area contributed by atoms with Crippen molar-refractivity contribution in [2.24, 2.45) is 0 Å². The van der Waals surface area contributed by atoms with E-state index in [-0.39, 0.29) is 11.5 Å². The van der Waals surface area contributed by atoms with E-state index in [1.54, 1.807) is 6.07 Å². The molecule has 2 atom stereocenters. The molecule has 3 nitrogen and oxygen atoms in total. The van der Waals surface area contributed by atoms with E-state index in [4.69, 9.17) is 39.5 Å². The second kappa shape index (κ2) is 5.72. The molecule has 1 saturated heterocycles. The quantitative estimate of drug-likeness (QED) is 0.753. The molecule has 0 N–H and O–H groups in total. The Labute approximate surface area is 132 Å². The maximum atomic E-state index is 6.25. The standard InChI is InChI=1S/C14H15Cl3N2O/c1-8(15)14-18-12-5-10(16)11(17)6-13(12)19(14)7-9-3-2-4-20-9/h5-6,8-9H,2-4,7H2,1H3. The first-order valence-corrected chi connectivity index (χ1v) is 7.86. The van der Waals surface area contributed by atoms with Crippen molar-refractivity contribution in [1.29, 1.82) is 0 Å². The molecule has 2 heterocycles. The first kappa shape index (κ1) is 14.5. The minimum atomic E-state index is -0.179. The van der Waals surface area contributed by atoms with Crippen LogP contribution >= 0.6 is 34.8 Å². The molecule has 0 saturated carbocycles. The van der Waals surface area contributed by atoms with Gasteiger partial charge in [0, 0.05) is 6.61 Å².